The highest BCUT2D eigenvalue weighted by atomic mass is 35.5. The zero-order chi connectivity index (χ0) is 15.0. The van der Waals surface area contributed by atoms with Crippen molar-refractivity contribution in [2.45, 2.75) is 0 Å². The smallest absolute Gasteiger partial charge is 0.180 e. The van der Waals surface area contributed by atoms with Crippen molar-refractivity contribution in [3.05, 3.63) is 58.3 Å². The Morgan fingerprint density at radius 1 is 0.952 bits per heavy atom. The van der Waals surface area contributed by atoms with Gasteiger partial charge >= 0.3 is 0 Å². The predicted octanol–water partition coefficient (Wildman–Crippen LogP) is 5.04. The van der Waals surface area contributed by atoms with Crippen LogP contribution < -0.4 is 5.73 Å². The molecule has 106 valence electrons. The van der Waals surface area contributed by atoms with Gasteiger partial charge in [0.05, 0.1) is 21.2 Å². The van der Waals surface area contributed by atoms with Crippen molar-refractivity contribution in [1.29, 1.82) is 0 Å². The fourth-order valence-corrected chi connectivity index (χ4v) is 2.68. The molecule has 0 bridgehead atoms. The second-order valence-electron chi connectivity index (χ2n) is 4.35. The molecule has 0 saturated heterocycles. The van der Waals surface area contributed by atoms with Gasteiger partial charge in [-0.05, 0) is 18.2 Å². The van der Waals surface area contributed by atoms with E-state index in [1.54, 1.807) is 36.4 Å². The van der Waals surface area contributed by atoms with E-state index in [0.717, 1.165) is 0 Å². The van der Waals surface area contributed by atoms with E-state index in [0.29, 0.717) is 21.2 Å². The summed E-state index contributed by atoms with van der Waals surface area (Å²) >= 11 is 12.3. The molecule has 3 rings (SSSR count). The summed E-state index contributed by atoms with van der Waals surface area (Å²) in [6, 6.07) is 11.2. The monoisotopic (exact) mass is 322 g/mol. The Bertz CT molecular complexity index is 797. The second-order valence-corrected chi connectivity index (χ2v) is 5.16. The lowest BCUT2D eigenvalue weighted by Crippen LogP contribution is -1.92. The van der Waals surface area contributed by atoms with Crippen molar-refractivity contribution in [2.24, 2.45) is 0 Å². The molecule has 0 aliphatic heterocycles. The van der Waals surface area contributed by atoms with Crippen LogP contribution >= 0.6 is 23.2 Å². The highest BCUT2D eigenvalue weighted by Crippen LogP contribution is 2.43. The van der Waals surface area contributed by atoms with Gasteiger partial charge in [-0.1, -0.05) is 52.6 Å². The molecule has 1 heterocycles. The minimum atomic E-state index is -0.433. The Morgan fingerprint density at radius 2 is 1.62 bits per heavy atom. The molecule has 0 unspecified atom stereocenters. The van der Waals surface area contributed by atoms with Gasteiger partial charge in [-0.3, -0.25) is 0 Å². The first kappa shape index (κ1) is 13.9. The van der Waals surface area contributed by atoms with Gasteiger partial charge in [0.1, 0.15) is 5.82 Å². The van der Waals surface area contributed by atoms with Crippen LogP contribution in [0.2, 0.25) is 10.0 Å². The Kier molecular flexibility index (Phi) is 3.57. The van der Waals surface area contributed by atoms with E-state index in [2.05, 4.69) is 5.16 Å². The fraction of sp³-hybridized carbons (Fsp3) is 0. The topological polar surface area (TPSA) is 52.0 Å². The Morgan fingerprint density at radius 3 is 2.29 bits per heavy atom. The maximum absolute atomic E-state index is 14.0. The number of nitrogen functional groups attached to an aromatic ring is 1. The number of nitrogens with zero attached hydrogens (tertiary/aromatic N) is 1. The molecule has 2 aromatic carbocycles. The molecule has 21 heavy (non-hydrogen) atoms. The van der Waals surface area contributed by atoms with E-state index in [1.807, 2.05) is 0 Å². The van der Waals surface area contributed by atoms with Crippen molar-refractivity contribution in [2.75, 3.05) is 5.73 Å². The molecule has 6 heteroatoms. The Balaban J connectivity index is 2.31. The van der Waals surface area contributed by atoms with Crippen molar-refractivity contribution in [3.8, 4) is 22.5 Å². The van der Waals surface area contributed by atoms with E-state index in [-0.39, 0.29) is 17.1 Å². The summed E-state index contributed by atoms with van der Waals surface area (Å²) in [5, 5.41) is 4.45. The second kappa shape index (κ2) is 5.39. The third-order valence-electron chi connectivity index (χ3n) is 3.05. The van der Waals surface area contributed by atoms with E-state index in [9.17, 15) is 4.39 Å². The van der Waals surface area contributed by atoms with Crippen LogP contribution in [-0.4, -0.2) is 5.16 Å². The molecule has 1 aromatic heterocycles. The van der Waals surface area contributed by atoms with E-state index < -0.39 is 5.82 Å². The van der Waals surface area contributed by atoms with Crippen LogP contribution in [0.3, 0.4) is 0 Å². The van der Waals surface area contributed by atoms with Crippen molar-refractivity contribution in [3.63, 3.8) is 0 Å². The molecule has 0 radical (unpaired) electrons. The lowest BCUT2D eigenvalue weighted by molar-refractivity contribution is 0.436. The molecular formula is C15H9Cl2FN2O. The molecule has 0 aliphatic carbocycles. The number of nitrogens with two attached hydrogens (primary N) is 1. The average Bonchev–Trinajstić information content (AvgIpc) is 2.81. The maximum atomic E-state index is 14.0. The van der Waals surface area contributed by atoms with E-state index in [4.69, 9.17) is 33.5 Å². The number of aromatic nitrogens is 1. The first-order valence-electron chi connectivity index (χ1n) is 6.04. The summed E-state index contributed by atoms with van der Waals surface area (Å²) in [7, 11) is 0. The van der Waals surface area contributed by atoms with Crippen LogP contribution in [0.15, 0.2) is 47.0 Å². The number of anilines is 1. The summed E-state index contributed by atoms with van der Waals surface area (Å²) in [4.78, 5) is 0. The molecule has 2 N–H and O–H groups in total. The van der Waals surface area contributed by atoms with Gasteiger partial charge in [0.25, 0.3) is 0 Å². The summed E-state index contributed by atoms with van der Waals surface area (Å²) < 4.78 is 19.3. The third kappa shape index (κ3) is 2.37. The maximum Gasteiger partial charge on any atom is 0.180 e. The highest BCUT2D eigenvalue weighted by molar-refractivity contribution is 6.39. The van der Waals surface area contributed by atoms with E-state index >= 15 is 0 Å². The molecule has 0 amide bonds. The zero-order valence-corrected chi connectivity index (χ0v) is 12.1. The quantitative estimate of drug-likeness (QED) is 0.719. The number of rotatable bonds is 2. The number of hydrogen-bond acceptors (Lipinski definition) is 3. The zero-order valence-electron chi connectivity index (χ0n) is 10.6. The molecular weight excluding hydrogens is 314 g/mol. The molecule has 0 aliphatic rings. The SMILES string of the molecule is Nc1noc(-c2c(Cl)cccc2Cl)c1-c1ccccc1F. The molecule has 3 aromatic rings. The standard InChI is InChI=1S/C15H9Cl2FN2O/c16-9-5-3-6-10(17)13(9)14-12(15(19)20-21-14)8-4-1-2-7-11(8)18/h1-7H,(H2,19,20). The van der Waals surface area contributed by atoms with Gasteiger partial charge < -0.3 is 10.3 Å². The summed E-state index contributed by atoms with van der Waals surface area (Å²) in [5.74, 6) is -0.115. The van der Waals surface area contributed by atoms with Crippen LogP contribution in [-0.2, 0) is 0 Å². The number of hydrogen-bond donors (Lipinski definition) is 1. The van der Waals surface area contributed by atoms with Gasteiger partial charge in [-0.15, -0.1) is 0 Å². The van der Waals surface area contributed by atoms with Crippen LogP contribution in [0, 0.1) is 5.82 Å². The largest absolute Gasteiger partial charge is 0.380 e. The summed E-state index contributed by atoms with van der Waals surface area (Å²) in [5.41, 5.74) is 6.87. The third-order valence-corrected chi connectivity index (χ3v) is 3.68. The molecule has 0 saturated carbocycles. The summed E-state index contributed by atoms with van der Waals surface area (Å²) in [6.45, 7) is 0. The fourth-order valence-electron chi connectivity index (χ4n) is 2.11. The summed E-state index contributed by atoms with van der Waals surface area (Å²) in [6.07, 6.45) is 0. The van der Waals surface area contributed by atoms with Crippen LogP contribution in [0.1, 0.15) is 0 Å². The number of halogens is 3. The minimum Gasteiger partial charge on any atom is -0.380 e. The first-order chi connectivity index (χ1) is 10.1. The predicted molar refractivity (Wildman–Crippen MR) is 81.8 cm³/mol. The van der Waals surface area contributed by atoms with Crippen LogP contribution in [0.5, 0.6) is 0 Å². The lowest BCUT2D eigenvalue weighted by atomic mass is 10.0. The van der Waals surface area contributed by atoms with Gasteiger partial charge in [-0.25, -0.2) is 4.39 Å². The Labute approximate surface area is 130 Å². The van der Waals surface area contributed by atoms with Gasteiger partial charge in [0.2, 0.25) is 0 Å². The van der Waals surface area contributed by atoms with Crippen molar-refractivity contribution >= 4 is 29.0 Å². The minimum absolute atomic E-state index is 0.0751. The molecule has 0 atom stereocenters. The molecule has 0 fully saturated rings. The normalized spacial score (nSPS) is 10.8. The van der Waals surface area contributed by atoms with Gasteiger partial charge in [0, 0.05) is 5.56 Å². The number of benzene rings is 2. The van der Waals surface area contributed by atoms with Crippen molar-refractivity contribution < 1.29 is 8.91 Å². The lowest BCUT2D eigenvalue weighted by Gasteiger charge is -2.07. The Hall–Kier alpha value is -2.04. The first-order valence-corrected chi connectivity index (χ1v) is 6.79. The van der Waals surface area contributed by atoms with Crippen LogP contribution in [0.25, 0.3) is 22.5 Å². The average molecular weight is 323 g/mol. The van der Waals surface area contributed by atoms with E-state index in [1.165, 1.54) is 6.07 Å². The van der Waals surface area contributed by atoms with Crippen LogP contribution in [0.4, 0.5) is 10.2 Å². The highest BCUT2D eigenvalue weighted by Gasteiger charge is 2.23. The van der Waals surface area contributed by atoms with Gasteiger partial charge in [0.15, 0.2) is 11.6 Å². The van der Waals surface area contributed by atoms with Gasteiger partial charge in [-0.2, -0.15) is 0 Å². The molecule has 0 spiro atoms. The molecule has 3 nitrogen and oxygen atoms in total. The van der Waals surface area contributed by atoms with Crippen molar-refractivity contribution in [1.82, 2.24) is 5.16 Å².